The Morgan fingerprint density at radius 2 is 0.904 bits per heavy atom. The Hall–Kier alpha value is -7.32. The van der Waals surface area contributed by atoms with Crippen LogP contribution in [0.5, 0.6) is 0 Å². The molecule has 6 aromatic carbocycles. The highest BCUT2D eigenvalue weighted by atomic mass is 16.4. The molecule has 0 bridgehead atoms. The third kappa shape index (κ3) is 5.35. The fourth-order valence-electron chi connectivity index (χ4n) is 6.47. The quantitative estimate of drug-likeness (QED) is 0.172. The number of aromatic nitrogens is 6. The van der Waals surface area contributed by atoms with Crippen LogP contribution in [-0.4, -0.2) is 29.9 Å². The second-order valence-corrected chi connectivity index (χ2v) is 12.4. The third-order valence-electron chi connectivity index (χ3n) is 9.11. The number of benzene rings is 6. The molecule has 0 spiro atoms. The monoisotopic (exact) mass is 670 g/mol. The lowest BCUT2D eigenvalue weighted by Gasteiger charge is -2.10. The number of oxazole rings is 2. The van der Waals surface area contributed by atoms with Gasteiger partial charge in [-0.2, -0.15) is 0 Å². The van der Waals surface area contributed by atoms with Crippen LogP contribution in [0.2, 0.25) is 0 Å². The van der Waals surface area contributed by atoms with E-state index in [4.69, 9.17) is 33.8 Å². The van der Waals surface area contributed by atoms with E-state index in [2.05, 4.69) is 47.4 Å². The number of rotatable bonds is 6. The first-order valence-electron chi connectivity index (χ1n) is 16.8. The van der Waals surface area contributed by atoms with Crippen LogP contribution in [0.3, 0.4) is 0 Å². The zero-order valence-corrected chi connectivity index (χ0v) is 27.5. The summed E-state index contributed by atoms with van der Waals surface area (Å²) >= 11 is 0. The van der Waals surface area contributed by atoms with Gasteiger partial charge in [-0.3, -0.25) is 4.98 Å². The van der Waals surface area contributed by atoms with E-state index in [1.807, 2.05) is 116 Å². The maximum atomic E-state index is 6.21. The van der Waals surface area contributed by atoms with Crippen molar-refractivity contribution in [3.63, 3.8) is 0 Å². The van der Waals surface area contributed by atoms with E-state index in [0.29, 0.717) is 40.4 Å². The molecule has 10 rings (SSSR count). The van der Waals surface area contributed by atoms with Crippen molar-refractivity contribution < 1.29 is 8.83 Å². The van der Waals surface area contributed by atoms with Gasteiger partial charge in [-0.15, -0.1) is 0 Å². The molecule has 0 atom stereocenters. The van der Waals surface area contributed by atoms with Gasteiger partial charge in [0.25, 0.3) is 0 Å². The molecule has 0 N–H and O–H groups in total. The highest BCUT2D eigenvalue weighted by Gasteiger charge is 2.17. The Bertz CT molecular complexity index is 2760. The molecule has 10 aromatic rings. The Kier molecular flexibility index (Phi) is 6.95. The van der Waals surface area contributed by atoms with Gasteiger partial charge < -0.3 is 8.83 Å². The van der Waals surface area contributed by atoms with Crippen molar-refractivity contribution in [2.24, 2.45) is 0 Å². The average Bonchev–Trinajstić information content (AvgIpc) is 3.86. The molecular formula is C44H26N6O2. The Morgan fingerprint density at radius 1 is 0.385 bits per heavy atom. The van der Waals surface area contributed by atoms with Gasteiger partial charge in [0, 0.05) is 45.6 Å². The van der Waals surface area contributed by atoms with E-state index >= 15 is 0 Å². The van der Waals surface area contributed by atoms with Crippen molar-refractivity contribution in [1.29, 1.82) is 0 Å². The molecule has 4 aromatic heterocycles. The summed E-state index contributed by atoms with van der Waals surface area (Å²) in [6, 6.07) is 48.0. The molecule has 52 heavy (non-hydrogen) atoms. The summed E-state index contributed by atoms with van der Waals surface area (Å²) in [5.41, 5.74) is 9.25. The third-order valence-corrected chi connectivity index (χ3v) is 9.11. The topological polar surface area (TPSA) is 104 Å². The minimum Gasteiger partial charge on any atom is -0.436 e. The smallest absolute Gasteiger partial charge is 0.227 e. The van der Waals surface area contributed by atoms with Crippen LogP contribution in [-0.2, 0) is 0 Å². The summed E-state index contributed by atoms with van der Waals surface area (Å²) in [6.07, 6.45) is 3.71. The number of hydrogen-bond acceptors (Lipinski definition) is 8. The largest absolute Gasteiger partial charge is 0.436 e. The first kappa shape index (κ1) is 29.6. The molecule has 244 valence electrons. The fourth-order valence-corrected chi connectivity index (χ4v) is 6.47. The van der Waals surface area contributed by atoms with Crippen LogP contribution >= 0.6 is 0 Å². The van der Waals surface area contributed by atoms with Crippen LogP contribution in [0.1, 0.15) is 0 Å². The molecule has 0 radical (unpaired) electrons. The van der Waals surface area contributed by atoms with Crippen LogP contribution in [0, 0.1) is 0 Å². The predicted octanol–water partition coefficient (Wildman–Crippen LogP) is 10.7. The van der Waals surface area contributed by atoms with Crippen LogP contribution in [0.4, 0.5) is 0 Å². The molecule has 4 heterocycles. The van der Waals surface area contributed by atoms with Crippen molar-refractivity contribution in [2.75, 3.05) is 0 Å². The maximum Gasteiger partial charge on any atom is 0.227 e. The van der Waals surface area contributed by atoms with Gasteiger partial charge in [-0.25, -0.2) is 24.9 Å². The van der Waals surface area contributed by atoms with E-state index in [0.717, 1.165) is 60.8 Å². The summed E-state index contributed by atoms with van der Waals surface area (Å²) in [5, 5.41) is 2.24. The fraction of sp³-hybridized carbons (Fsp3) is 0. The standard InChI is InChI=1S/C44H26N6O2/c1-3-8-29(9-4-1)43-46-36-20-18-31(24-38(36)51-43)41-48-40(28-16-14-27(15-17-28)34-13-7-12-33-26-45-23-22-35(33)34)49-42(50-41)32-19-21-37-39(25-32)52-44(47-37)30-10-5-2-6-11-30/h1-26H. The summed E-state index contributed by atoms with van der Waals surface area (Å²) in [4.78, 5) is 28.7. The molecule has 0 aliphatic heterocycles. The molecule has 0 unspecified atom stereocenters. The zero-order valence-electron chi connectivity index (χ0n) is 27.5. The van der Waals surface area contributed by atoms with E-state index in [-0.39, 0.29) is 0 Å². The molecule has 0 saturated heterocycles. The lowest BCUT2D eigenvalue weighted by molar-refractivity contribution is 0.619. The van der Waals surface area contributed by atoms with Gasteiger partial charge in [0.15, 0.2) is 28.6 Å². The minimum absolute atomic E-state index is 0.507. The van der Waals surface area contributed by atoms with Crippen molar-refractivity contribution in [2.45, 2.75) is 0 Å². The Balaban J connectivity index is 1.09. The van der Waals surface area contributed by atoms with Gasteiger partial charge in [-0.1, -0.05) is 78.9 Å². The second kappa shape index (κ2) is 12.2. The molecule has 0 fully saturated rings. The lowest BCUT2D eigenvalue weighted by atomic mass is 9.98. The number of pyridine rings is 1. The summed E-state index contributed by atoms with van der Waals surface area (Å²) in [6.45, 7) is 0. The predicted molar refractivity (Wildman–Crippen MR) is 203 cm³/mol. The molecule has 0 amide bonds. The molecule has 0 saturated carbocycles. The van der Waals surface area contributed by atoms with E-state index < -0.39 is 0 Å². The van der Waals surface area contributed by atoms with E-state index in [1.165, 1.54) is 0 Å². The zero-order chi connectivity index (χ0) is 34.4. The average molecular weight is 671 g/mol. The van der Waals surface area contributed by atoms with Gasteiger partial charge in [0.05, 0.1) is 0 Å². The van der Waals surface area contributed by atoms with Crippen LogP contribution in [0.25, 0.3) is 101 Å². The van der Waals surface area contributed by atoms with Crippen LogP contribution < -0.4 is 0 Å². The first-order valence-corrected chi connectivity index (χ1v) is 16.8. The number of fused-ring (bicyclic) bond motifs is 3. The van der Waals surface area contributed by atoms with Crippen molar-refractivity contribution in [1.82, 2.24) is 29.9 Å². The summed E-state index contributed by atoms with van der Waals surface area (Å²) in [7, 11) is 0. The lowest BCUT2D eigenvalue weighted by Crippen LogP contribution is -2.00. The Morgan fingerprint density at radius 3 is 1.48 bits per heavy atom. The molecule has 8 nitrogen and oxygen atoms in total. The summed E-state index contributed by atoms with van der Waals surface area (Å²) in [5.74, 6) is 2.67. The van der Waals surface area contributed by atoms with Gasteiger partial charge in [0.1, 0.15) is 11.0 Å². The second-order valence-electron chi connectivity index (χ2n) is 12.4. The van der Waals surface area contributed by atoms with E-state index in [9.17, 15) is 0 Å². The highest BCUT2D eigenvalue weighted by Crippen LogP contribution is 2.33. The van der Waals surface area contributed by atoms with Gasteiger partial charge >= 0.3 is 0 Å². The summed E-state index contributed by atoms with van der Waals surface area (Å²) < 4.78 is 12.4. The maximum absolute atomic E-state index is 6.21. The Labute approximate surface area is 297 Å². The molecular weight excluding hydrogens is 645 g/mol. The van der Waals surface area contributed by atoms with E-state index in [1.54, 1.807) is 0 Å². The highest BCUT2D eigenvalue weighted by molar-refractivity contribution is 5.96. The van der Waals surface area contributed by atoms with Crippen molar-refractivity contribution in [3.05, 3.63) is 158 Å². The normalized spacial score (nSPS) is 11.5. The molecule has 0 aliphatic carbocycles. The molecule has 8 heteroatoms. The first-order chi connectivity index (χ1) is 25.7. The van der Waals surface area contributed by atoms with Crippen LogP contribution in [0.15, 0.2) is 167 Å². The number of hydrogen-bond donors (Lipinski definition) is 0. The van der Waals surface area contributed by atoms with Gasteiger partial charge in [0.2, 0.25) is 11.8 Å². The molecule has 0 aliphatic rings. The van der Waals surface area contributed by atoms with Crippen molar-refractivity contribution >= 4 is 33.0 Å². The minimum atomic E-state index is 0.507. The van der Waals surface area contributed by atoms with Gasteiger partial charge in [-0.05, 0) is 83.2 Å². The van der Waals surface area contributed by atoms with Crippen molar-refractivity contribution in [3.8, 4) is 68.2 Å². The SMILES string of the molecule is c1ccc(-c2nc3ccc(-c4nc(-c5ccc(-c6cccc7cnccc67)cc5)nc(-c5ccc6nc(-c7ccccc7)oc6c5)n4)cc3o2)cc1. The number of nitrogens with zero attached hydrogens (tertiary/aromatic N) is 6.